The zero-order valence-corrected chi connectivity index (χ0v) is 11.3. The van der Waals surface area contributed by atoms with Crippen LogP contribution in [0.25, 0.3) is 0 Å². The lowest BCUT2D eigenvalue weighted by molar-refractivity contribution is 0.391. The Morgan fingerprint density at radius 2 is 1.94 bits per heavy atom. The summed E-state index contributed by atoms with van der Waals surface area (Å²) < 4.78 is 13.3. The van der Waals surface area contributed by atoms with Crippen molar-refractivity contribution in [3.63, 3.8) is 0 Å². The second-order valence-electron chi connectivity index (χ2n) is 5.37. The van der Waals surface area contributed by atoms with Gasteiger partial charge in [-0.25, -0.2) is 4.39 Å². The molecule has 1 nitrogen and oxygen atoms in total. The fraction of sp³-hybridized carbons (Fsp3) is 0.625. The van der Waals surface area contributed by atoms with Gasteiger partial charge in [0.2, 0.25) is 0 Å². The SMILES string of the molecule is CCC(NC1CCCCCC1)c1cccc(F)c1. The molecule has 0 radical (unpaired) electrons. The van der Waals surface area contributed by atoms with Crippen molar-refractivity contribution in [1.29, 1.82) is 0 Å². The summed E-state index contributed by atoms with van der Waals surface area (Å²) in [5.41, 5.74) is 1.08. The van der Waals surface area contributed by atoms with Crippen molar-refractivity contribution in [1.82, 2.24) is 5.32 Å². The van der Waals surface area contributed by atoms with E-state index in [9.17, 15) is 4.39 Å². The van der Waals surface area contributed by atoms with Crippen molar-refractivity contribution in [2.75, 3.05) is 0 Å². The quantitative estimate of drug-likeness (QED) is 0.770. The average Bonchev–Trinajstić information content (AvgIpc) is 2.64. The van der Waals surface area contributed by atoms with Gasteiger partial charge in [-0.15, -0.1) is 0 Å². The number of nitrogens with one attached hydrogen (secondary N) is 1. The van der Waals surface area contributed by atoms with E-state index in [2.05, 4.69) is 12.2 Å². The molecule has 0 aromatic heterocycles. The van der Waals surface area contributed by atoms with Crippen molar-refractivity contribution in [2.24, 2.45) is 0 Å². The molecule has 18 heavy (non-hydrogen) atoms. The van der Waals surface area contributed by atoms with Gasteiger partial charge in [-0.2, -0.15) is 0 Å². The normalized spacial score (nSPS) is 19.4. The lowest BCUT2D eigenvalue weighted by atomic mass is 10.0. The van der Waals surface area contributed by atoms with Crippen LogP contribution in [0.1, 0.15) is 63.5 Å². The van der Waals surface area contributed by atoms with Crippen LogP contribution in [0, 0.1) is 5.82 Å². The minimum absolute atomic E-state index is 0.131. The largest absolute Gasteiger partial charge is 0.307 e. The minimum atomic E-state index is -0.131. The van der Waals surface area contributed by atoms with E-state index in [1.165, 1.54) is 44.6 Å². The molecular formula is C16H24FN. The number of hydrogen-bond acceptors (Lipinski definition) is 1. The highest BCUT2D eigenvalue weighted by Gasteiger charge is 2.17. The van der Waals surface area contributed by atoms with E-state index >= 15 is 0 Å². The first-order chi connectivity index (χ1) is 8.79. The Bertz CT molecular complexity index is 356. The van der Waals surface area contributed by atoms with Crippen molar-refractivity contribution in [3.8, 4) is 0 Å². The Kier molecular flexibility index (Phi) is 5.18. The molecule has 2 rings (SSSR count). The highest BCUT2D eigenvalue weighted by Crippen LogP contribution is 2.23. The van der Waals surface area contributed by atoms with Crippen LogP contribution >= 0.6 is 0 Å². The van der Waals surface area contributed by atoms with E-state index in [0.717, 1.165) is 12.0 Å². The van der Waals surface area contributed by atoms with Crippen molar-refractivity contribution in [3.05, 3.63) is 35.6 Å². The smallest absolute Gasteiger partial charge is 0.123 e. The summed E-state index contributed by atoms with van der Waals surface area (Å²) >= 11 is 0. The zero-order chi connectivity index (χ0) is 12.8. The molecule has 100 valence electrons. The number of halogens is 1. The molecule has 1 unspecified atom stereocenters. The van der Waals surface area contributed by atoms with Gasteiger partial charge >= 0.3 is 0 Å². The van der Waals surface area contributed by atoms with Gasteiger partial charge in [0.25, 0.3) is 0 Å². The van der Waals surface area contributed by atoms with Crippen LogP contribution < -0.4 is 5.32 Å². The molecule has 1 aromatic rings. The van der Waals surface area contributed by atoms with E-state index in [-0.39, 0.29) is 5.82 Å². The van der Waals surface area contributed by atoms with Gasteiger partial charge in [-0.05, 0) is 37.0 Å². The summed E-state index contributed by atoms with van der Waals surface area (Å²) in [7, 11) is 0. The molecule has 0 bridgehead atoms. The van der Waals surface area contributed by atoms with Crippen LogP contribution in [0.2, 0.25) is 0 Å². The molecule has 1 atom stereocenters. The molecule has 1 N–H and O–H groups in total. The summed E-state index contributed by atoms with van der Waals surface area (Å²) in [5.74, 6) is -0.131. The maximum atomic E-state index is 13.3. The summed E-state index contributed by atoms with van der Waals surface area (Å²) in [6, 6.07) is 7.92. The summed E-state index contributed by atoms with van der Waals surface area (Å²) in [5, 5.41) is 3.72. The van der Waals surface area contributed by atoms with E-state index in [1.54, 1.807) is 6.07 Å². The third-order valence-electron chi connectivity index (χ3n) is 3.95. The first-order valence-electron chi connectivity index (χ1n) is 7.31. The van der Waals surface area contributed by atoms with E-state index in [4.69, 9.17) is 0 Å². The Morgan fingerprint density at radius 3 is 2.56 bits per heavy atom. The molecule has 1 aliphatic rings. The molecule has 0 aliphatic heterocycles. The minimum Gasteiger partial charge on any atom is -0.307 e. The molecule has 1 aliphatic carbocycles. The fourth-order valence-corrected chi connectivity index (χ4v) is 2.90. The van der Waals surface area contributed by atoms with Crippen LogP contribution in [0.3, 0.4) is 0 Å². The first kappa shape index (κ1) is 13.5. The molecule has 1 saturated carbocycles. The highest BCUT2D eigenvalue weighted by molar-refractivity contribution is 5.20. The maximum absolute atomic E-state index is 13.3. The predicted molar refractivity (Wildman–Crippen MR) is 74.1 cm³/mol. The average molecular weight is 249 g/mol. The Labute approximate surface area is 110 Å². The molecule has 2 heteroatoms. The third kappa shape index (κ3) is 3.81. The monoisotopic (exact) mass is 249 g/mol. The molecule has 0 heterocycles. The molecular weight excluding hydrogens is 225 g/mol. The van der Waals surface area contributed by atoms with E-state index < -0.39 is 0 Å². The van der Waals surface area contributed by atoms with Gasteiger partial charge in [0, 0.05) is 12.1 Å². The lowest BCUT2D eigenvalue weighted by Gasteiger charge is -2.24. The van der Waals surface area contributed by atoms with Crippen molar-refractivity contribution < 1.29 is 4.39 Å². The Balaban J connectivity index is 1.99. The van der Waals surface area contributed by atoms with Crippen LogP contribution in [0.15, 0.2) is 24.3 Å². The summed E-state index contributed by atoms with van der Waals surface area (Å²) in [6.45, 7) is 2.17. The molecule has 1 aromatic carbocycles. The number of hydrogen-bond donors (Lipinski definition) is 1. The van der Waals surface area contributed by atoms with Crippen LogP contribution in [0.4, 0.5) is 4.39 Å². The summed E-state index contributed by atoms with van der Waals surface area (Å²) in [6.07, 6.45) is 8.95. The Morgan fingerprint density at radius 1 is 1.22 bits per heavy atom. The van der Waals surface area contributed by atoms with Gasteiger partial charge in [0.05, 0.1) is 0 Å². The first-order valence-corrected chi connectivity index (χ1v) is 7.31. The molecule has 1 fully saturated rings. The van der Waals surface area contributed by atoms with Crippen LogP contribution in [0.5, 0.6) is 0 Å². The second-order valence-corrected chi connectivity index (χ2v) is 5.37. The van der Waals surface area contributed by atoms with E-state index in [0.29, 0.717) is 12.1 Å². The number of rotatable bonds is 4. The van der Waals surface area contributed by atoms with Crippen molar-refractivity contribution >= 4 is 0 Å². The maximum Gasteiger partial charge on any atom is 0.123 e. The van der Waals surface area contributed by atoms with Gasteiger partial charge < -0.3 is 5.32 Å². The molecule has 0 amide bonds. The van der Waals surface area contributed by atoms with Crippen molar-refractivity contribution in [2.45, 2.75) is 64.0 Å². The second kappa shape index (κ2) is 6.89. The molecule has 0 spiro atoms. The highest BCUT2D eigenvalue weighted by atomic mass is 19.1. The summed E-state index contributed by atoms with van der Waals surface area (Å²) in [4.78, 5) is 0. The molecule has 0 saturated heterocycles. The number of benzene rings is 1. The third-order valence-corrected chi connectivity index (χ3v) is 3.95. The van der Waals surface area contributed by atoms with Gasteiger partial charge in [-0.3, -0.25) is 0 Å². The standard InChI is InChI=1S/C16H24FN/c1-2-16(13-8-7-9-14(17)12-13)18-15-10-5-3-4-6-11-15/h7-9,12,15-16,18H,2-6,10-11H2,1H3. The topological polar surface area (TPSA) is 12.0 Å². The fourth-order valence-electron chi connectivity index (χ4n) is 2.90. The van der Waals surface area contributed by atoms with Crippen LogP contribution in [-0.2, 0) is 0 Å². The zero-order valence-electron chi connectivity index (χ0n) is 11.3. The Hall–Kier alpha value is -0.890. The van der Waals surface area contributed by atoms with E-state index in [1.807, 2.05) is 12.1 Å². The predicted octanol–water partition coefficient (Wildman–Crippen LogP) is 4.59. The van der Waals surface area contributed by atoms with Crippen LogP contribution in [-0.4, -0.2) is 6.04 Å². The van der Waals surface area contributed by atoms with Gasteiger partial charge in [-0.1, -0.05) is 44.7 Å². The van der Waals surface area contributed by atoms with Gasteiger partial charge in [0.1, 0.15) is 5.82 Å². The van der Waals surface area contributed by atoms with Gasteiger partial charge in [0.15, 0.2) is 0 Å². The lowest BCUT2D eigenvalue weighted by Crippen LogP contribution is -2.32.